The lowest BCUT2D eigenvalue weighted by atomic mass is 10.00. The monoisotopic (exact) mass is 552 g/mol. The van der Waals surface area contributed by atoms with Crippen molar-refractivity contribution in [3.8, 4) is 11.5 Å². The number of rotatable bonds is 8. The second-order valence-electron chi connectivity index (χ2n) is 9.61. The molecule has 10 heteroatoms. The largest absolute Gasteiger partial charge is 0.457 e. The van der Waals surface area contributed by atoms with E-state index in [1.165, 1.54) is 0 Å². The Bertz CT molecular complexity index is 1270. The fourth-order valence-corrected chi connectivity index (χ4v) is 5.71. The van der Waals surface area contributed by atoms with Crippen molar-refractivity contribution in [1.29, 1.82) is 0 Å². The summed E-state index contributed by atoms with van der Waals surface area (Å²) in [7, 11) is 0. The maximum atomic E-state index is 13.2. The highest BCUT2D eigenvalue weighted by atomic mass is 35.5. The Hall–Kier alpha value is -3.01. The standard InChI is InChI=1S/C28H33ClN6O2S/c1-20-30-17-25-26(32-22-6-4-8-24(16-22)37-23-7-3-5-21(29)15-23)9-10-35(28(25)31-20)18-27(36)34-13-11-33(12-14-34)19-38-2/h3-8,15-17,26,32H,9-14,18-19H2,1-2H3. The first-order chi connectivity index (χ1) is 18.5. The van der Waals surface area contributed by atoms with Crippen LogP contribution < -0.4 is 15.0 Å². The first-order valence-electron chi connectivity index (χ1n) is 12.9. The summed E-state index contributed by atoms with van der Waals surface area (Å²) < 4.78 is 6.01. The number of piperazine rings is 1. The molecule has 0 radical (unpaired) electrons. The highest BCUT2D eigenvalue weighted by Crippen LogP contribution is 2.35. The Morgan fingerprint density at radius 2 is 1.87 bits per heavy atom. The quantitative estimate of drug-likeness (QED) is 0.416. The SMILES string of the molecule is CSCN1CCN(C(=O)CN2CCC(Nc3cccc(Oc4cccc(Cl)c4)c3)c3cnc(C)nc32)CC1. The summed E-state index contributed by atoms with van der Waals surface area (Å²) in [4.78, 5) is 28.9. The van der Waals surface area contributed by atoms with Crippen molar-refractivity contribution in [2.75, 3.05) is 61.6 Å². The highest BCUT2D eigenvalue weighted by molar-refractivity contribution is 7.98. The molecule has 3 aromatic rings. The number of hydrogen-bond acceptors (Lipinski definition) is 8. The predicted molar refractivity (Wildman–Crippen MR) is 154 cm³/mol. The number of aryl methyl sites for hydroxylation is 1. The predicted octanol–water partition coefficient (Wildman–Crippen LogP) is 5.06. The van der Waals surface area contributed by atoms with Gasteiger partial charge in [-0.2, -0.15) is 0 Å². The van der Waals surface area contributed by atoms with Gasteiger partial charge in [-0.05, 0) is 49.9 Å². The number of fused-ring (bicyclic) bond motifs is 1. The average Bonchev–Trinajstić information content (AvgIpc) is 2.91. The number of ether oxygens (including phenoxy) is 1. The molecule has 0 bridgehead atoms. The van der Waals surface area contributed by atoms with Crippen molar-refractivity contribution in [3.05, 3.63) is 71.1 Å². The van der Waals surface area contributed by atoms with Crippen LogP contribution in [-0.2, 0) is 4.79 Å². The second kappa shape index (κ2) is 12.2. The summed E-state index contributed by atoms with van der Waals surface area (Å²) in [5, 5.41) is 4.26. The van der Waals surface area contributed by atoms with Crippen LogP contribution in [-0.4, -0.2) is 77.1 Å². The second-order valence-corrected chi connectivity index (χ2v) is 10.9. The van der Waals surface area contributed by atoms with Crippen LogP contribution in [0.15, 0.2) is 54.7 Å². The third kappa shape index (κ3) is 6.51. The Kier molecular flexibility index (Phi) is 8.56. The van der Waals surface area contributed by atoms with Crippen molar-refractivity contribution in [2.24, 2.45) is 0 Å². The van der Waals surface area contributed by atoms with Crippen molar-refractivity contribution in [2.45, 2.75) is 19.4 Å². The average molecular weight is 553 g/mol. The third-order valence-electron chi connectivity index (χ3n) is 6.85. The molecule has 5 rings (SSSR count). The molecular formula is C28H33ClN6O2S. The molecule has 2 aliphatic rings. The van der Waals surface area contributed by atoms with Gasteiger partial charge in [0, 0.05) is 67.1 Å². The highest BCUT2D eigenvalue weighted by Gasteiger charge is 2.30. The molecule has 200 valence electrons. The summed E-state index contributed by atoms with van der Waals surface area (Å²) in [6, 6.07) is 15.2. The van der Waals surface area contributed by atoms with Crippen LogP contribution in [0.25, 0.3) is 0 Å². The Balaban J connectivity index is 1.27. The zero-order valence-electron chi connectivity index (χ0n) is 21.8. The minimum absolute atomic E-state index is 0.0217. The van der Waals surface area contributed by atoms with Crippen molar-refractivity contribution >= 4 is 40.8 Å². The Morgan fingerprint density at radius 3 is 2.63 bits per heavy atom. The zero-order chi connectivity index (χ0) is 26.5. The molecule has 1 amide bonds. The Labute approximate surface area is 233 Å². The van der Waals surface area contributed by atoms with Gasteiger partial charge in [0.05, 0.1) is 12.6 Å². The van der Waals surface area contributed by atoms with E-state index in [1.54, 1.807) is 6.07 Å². The lowest BCUT2D eigenvalue weighted by molar-refractivity contribution is -0.131. The number of nitrogens with zero attached hydrogens (tertiary/aromatic N) is 5. The molecule has 1 fully saturated rings. The van der Waals surface area contributed by atoms with Gasteiger partial charge in [-0.1, -0.05) is 23.7 Å². The molecule has 0 aliphatic carbocycles. The number of carbonyl (C=O) groups is 1. The Morgan fingerprint density at radius 1 is 1.11 bits per heavy atom. The zero-order valence-corrected chi connectivity index (χ0v) is 23.3. The van der Waals surface area contributed by atoms with E-state index in [9.17, 15) is 4.79 Å². The van der Waals surface area contributed by atoms with Crippen LogP contribution in [0.5, 0.6) is 11.5 Å². The number of carbonyl (C=O) groups excluding carboxylic acids is 1. The third-order valence-corrected chi connectivity index (χ3v) is 7.71. The number of hydrogen-bond donors (Lipinski definition) is 1. The number of nitrogens with one attached hydrogen (secondary N) is 1. The maximum absolute atomic E-state index is 13.2. The lowest BCUT2D eigenvalue weighted by Gasteiger charge is -2.38. The molecular weight excluding hydrogens is 520 g/mol. The summed E-state index contributed by atoms with van der Waals surface area (Å²) in [5.41, 5.74) is 1.94. The minimum Gasteiger partial charge on any atom is -0.457 e. The number of thioether (sulfide) groups is 1. The molecule has 8 nitrogen and oxygen atoms in total. The maximum Gasteiger partial charge on any atom is 0.242 e. The minimum atomic E-state index is 0.0217. The molecule has 0 spiro atoms. The van der Waals surface area contributed by atoms with Crippen LogP contribution in [0.2, 0.25) is 5.02 Å². The van der Waals surface area contributed by atoms with Crippen LogP contribution in [0.1, 0.15) is 23.9 Å². The van der Waals surface area contributed by atoms with E-state index in [2.05, 4.69) is 26.4 Å². The molecule has 1 unspecified atom stereocenters. The van der Waals surface area contributed by atoms with Gasteiger partial charge in [0.1, 0.15) is 23.1 Å². The molecule has 1 atom stereocenters. The van der Waals surface area contributed by atoms with Crippen molar-refractivity contribution in [3.63, 3.8) is 0 Å². The van der Waals surface area contributed by atoms with Crippen molar-refractivity contribution < 1.29 is 9.53 Å². The number of amides is 1. The van der Waals surface area contributed by atoms with Crippen molar-refractivity contribution in [1.82, 2.24) is 19.8 Å². The summed E-state index contributed by atoms with van der Waals surface area (Å²) in [5.74, 6) is 4.12. The molecule has 0 saturated carbocycles. The normalized spacial score (nSPS) is 17.7. The van der Waals surface area contributed by atoms with E-state index in [1.807, 2.05) is 72.2 Å². The van der Waals surface area contributed by atoms with Gasteiger partial charge in [-0.25, -0.2) is 9.97 Å². The number of benzene rings is 2. The van der Waals surface area contributed by atoms with Crippen LogP contribution >= 0.6 is 23.4 Å². The lowest BCUT2D eigenvalue weighted by Crippen LogP contribution is -2.51. The number of aromatic nitrogens is 2. The van der Waals surface area contributed by atoms with Gasteiger partial charge in [0.15, 0.2) is 0 Å². The van der Waals surface area contributed by atoms with E-state index in [-0.39, 0.29) is 11.9 Å². The summed E-state index contributed by atoms with van der Waals surface area (Å²) in [6.07, 6.45) is 4.83. The van der Waals surface area contributed by atoms with Crippen LogP contribution in [0.4, 0.5) is 11.5 Å². The molecule has 3 heterocycles. The van der Waals surface area contributed by atoms with E-state index in [4.69, 9.17) is 21.3 Å². The number of anilines is 2. The molecule has 2 aromatic carbocycles. The first kappa shape index (κ1) is 26.6. The molecule has 1 saturated heterocycles. The van der Waals surface area contributed by atoms with Gasteiger partial charge < -0.3 is 19.9 Å². The fourth-order valence-electron chi connectivity index (χ4n) is 4.91. The number of halogens is 1. The van der Waals surface area contributed by atoms with Gasteiger partial charge in [-0.15, -0.1) is 11.8 Å². The molecule has 38 heavy (non-hydrogen) atoms. The van der Waals surface area contributed by atoms with Crippen LogP contribution in [0, 0.1) is 6.92 Å². The topological polar surface area (TPSA) is 73.8 Å². The van der Waals surface area contributed by atoms with E-state index in [0.29, 0.717) is 23.1 Å². The van der Waals surface area contributed by atoms with E-state index in [0.717, 1.165) is 67.8 Å². The van der Waals surface area contributed by atoms with Crippen LogP contribution in [0.3, 0.4) is 0 Å². The van der Waals surface area contributed by atoms with E-state index < -0.39 is 0 Å². The molecule has 1 N–H and O–H groups in total. The summed E-state index contributed by atoms with van der Waals surface area (Å²) >= 11 is 7.92. The van der Waals surface area contributed by atoms with Gasteiger partial charge in [-0.3, -0.25) is 9.69 Å². The summed E-state index contributed by atoms with van der Waals surface area (Å²) in [6.45, 7) is 6.37. The van der Waals surface area contributed by atoms with E-state index >= 15 is 0 Å². The smallest absolute Gasteiger partial charge is 0.242 e. The van der Waals surface area contributed by atoms with Gasteiger partial charge in [0.2, 0.25) is 5.91 Å². The van der Waals surface area contributed by atoms with Gasteiger partial charge >= 0.3 is 0 Å². The molecule has 2 aliphatic heterocycles. The first-order valence-corrected chi connectivity index (χ1v) is 14.6. The van der Waals surface area contributed by atoms with Gasteiger partial charge in [0.25, 0.3) is 0 Å². The molecule has 1 aromatic heterocycles. The fraction of sp³-hybridized carbons (Fsp3) is 0.393.